The second-order valence-corrected chi connectivity index (χ2v) is 5.47. The van der Waals surface area contributed by atoms with Gasteiger partial charge in [0, 0.05) is 21.3 Å². The lowest BCUT2D eigenvalue weighted by atomic mass is 10.2. The molecule has 0 saturated carbocycles. The summed E-state index contributed by atoms with van der Waals surface area (Å²) in [6, 6.07) is 11.4. The highest BCUT2D eigenvalue weighted by Gasteiger charge is 2.06. The Bertz CT molecular complexity index is 574. The van der Waals surface area contributed by atoms with Crippen LogP contribution in [0.4, 0.5) is 0 Å². The number of aromatic carboxylic acids is 1. The Morgan fingerprint density at radius 3 is 2.83 bits per heavy atom. The third kappa shape index (κ3) is 3.34. The SMILES string of the molecule is O=C(O)c1cc(SCc2ccccc2Br)ccn1. The molecule has 0 amide bonds. The second kappa shape index (κ2) is 6.02. The Hall–Kier alpha value is -1.33. The van der Waals surface area contributed by atoms with Gasteiger partial charge in [0.2, 0.25) is 0 Å². The fourth-order valence-corrected chi connectivity index (χ4v) is 2.93. The van der Waals surface area contributed by atoms with Gasteiger partial charge >= 0.3 is 5.97 Å². The van der Waals surface area contributed by atoms with Crippen molar-refractivity contribution in [2.45, 2.75) is 10.6 Å². The standard InChI is InChI=1S/C13H10BrNO2S/c14-11-4-2-1-3-9(11)8-18-10-5-6-15-12(7-10)13(16)17/h1-7H,8H2,(H,16,17). The van der Waals surface area contributed by atoms with Crippen molar-refractivity contribution in [1.29, 1.82) is 0 Å². The predicted octanol–water partition coefficient (Wildman–Crippen LogP) is 3.83. The van der Waals surface area contributed by atoms with Crippen molar-refractivity contribution in [3.8, 4) is 0 Å². The average Bonchev–Trinajstić information content (AvgIpc) is 2.38. The lowest BCUT2D eigenvalue weighted by Gasteiger charge is -2.04. The van der Waals surface area contributed by atoms with E-state index < -0.39 is 5.97 Å². The Morgan fingerprint density at radius 1 is 1.33 bits per heavy atom. The largest absolute Gasteiger partial charge is 0.477 e. The summed E-state index contributed by atoms with van der Waals surface area (Å²) in [5.41, 5.74) is 1.25. The lowest BCUT2D eigenvalue weighted by Crippen LogP contribution is -1.99. The maximum Gasteiger partial charge on any atom is 0.354 e. The van der Waals surface area contributed by atoms with E-state index in [1.165, 1.54) is 11.8 Å². The maximum atomic E-state index is 10.8. The number of aromatic nitrogens is 1. The molecule has 2 aromatic rings. The maximum absolute atomic E-state index is 10.8. The minimum Gasteiger partial charge on any atom is -0.477 e. The molecule has 0 fully saturated rings. The molecule has 3 nitrogen and oxygen atoms in total. The molecule has 0 atom stereocenters. The van der Waals surface area contributed by atoms with Crippen molar-refractivity contribution in [1.82, 2.24) is 4.98 Å². The van der Waals surface area contributed by atoms with Gasteiger partial charge in [0.05, 0.1) is 0 Å². The van der Waals surface area contributed by atoms with Gasteiger partial charge in [0.1, 0.15) is 5.69 Å². The molecular weight excluding hydrogens is 314 g/mol. The van der Waals surface area contributed by atoms with Crippen LogP contribution in [0.2, 0.25) is 0 Å². The summed E-state index contributed by atoms with van der Waals surface area (Å²) >= 11 is 5.07. The van der Waals surface area contributed by atoms with E-state index in [0.29, 0.717) is 0 Å². The van der Waals surface area contributed by atoms with Gasteiger partial charge in [0.25, 0.3) is 0 Å². The summed E-state index contributed by atoms with van der Waals surface area (Å²) in [7, 11) is 0. The molecule has 1 heterocycles. The second-order valence-electron chi connectivity index (χ2n) is 3.56. The molecule has 0 bridgehead atoms. The number of pyridine rings is 1. The molecule has 0 aliphatic carbocycles. The lowest BCUT2D eigenvalue weighted by molar-refractivity contribution is 0.0690. The molecule has 92 valence electrons. The number of carboxylic acid groups (broad SMARTS) is 1. The van der Waals surface area contributed by atoms with Crippen LogP contribution in [0.3, 0.4) is 0 Å². The number of rotatable bonds is 4. The van der Waals surface area contributed by atoms with Crippen LogP contribution in [0.25, 0.3) is 0 Å². The quantitative estimate of drug-likeness (QED) is 0.868. The van der Waals surface area contributed by atoms with Gasteiger partial charge in [-0.2, -0.15) is 0 Å². The predicted molar refractivity (Wildman–Crippen MR) is 74.9 cm³/mol. The summed E-state index contributed by atoms with van der Waals surface area (Å²) < 4.78 is 1.06. The smallest absolute Gasteiger partial charge is 0.354 e. The van der Waals surface area contributed by atoms with Crippen LogP contribution in [0, 0.1) is 0 Å². The zero-order chi connectivity index (χ0) is 13.0. The Kier molecular flexibility index (Phi) is 4.38. The van der Waals surface area contributed by atoms with Crippen molar-refractivity contribution in [2.24, 2.45) is 0 Å². The van der Waals surface area contributed by atoms with Gasteiger partial charge in [-0.15, -0.1) is 11.8 Å². The Balaban J connectivity index is 2.09. The summed E-state index contributed by atoms with van der Waals surface area (Å²) in [5.74, 6) is -0.219. The highest BCUT2D eigenvalue weighted by molar-refractivity contribution is 9.10. The third-order valence-electron chi connectivity index (χ3n) is 2.30. The number of benzene rings is 1. The van der Waals surface area contributed by atoms with Gasteiger partial charge in [-0.25, -0.2) is 9.78 Å². The summed E-state index contributed by atoms with van der Waals surface area (Å²) in [4.78, 5) is 15.5. The fourth-order valence-electron chi connectivity index (χ4n) is 1.39. The topological polar surface area (TPSA) is 50.2 Å². The fraction of sp³-hybridized carbons (Fsp3) is 0.0769. The van der Waals surface area contributed by atoms with Crippen molar-refractivity contribution in [3.05, 3.63) is 58.3 Å². The first-order chi connectivity index (χ1) is 8.66. The number of hydrogen-bond donors (Lipinski definition) is 1. The van der Waals surface area contributed by atoms with E-state index in [9.17, 15) is 4.79 Å². The van der Waals surface area contributed by atoms with Crippen LogP contribution < -0.4 is 0 Å². The molecule has 5 heteroatoms. The summed E-state index contributed by atoms with van der Waals surface area (Å²) in [5, 5.41) is 8.86. The molecule has 1 aromatic carbocycles. The monoisotopic (exact) mass is 323 g/mol. The average molecular weight is 324 g/mol. The third-order valence-corrected chi connectivity index (χ3v) is 4.12. The molecular formula is C13H10BrNO2S. The molecule has 18 heavy (non-hydrogen) atoms. The minimum absolute atomic E-state index is 0.0760. The number of nitrogens with zero attached hydrogens (tertiary/aromatic N) is 1. The molecule has 2 rings (SSSR count). The first kappa shape index (κ1) is 13.1. The van der Waals surface area contributed by atoms with Crippen molar-refractivity contribution >= 4 is 33.7 Å². The summed E-state index contributed by atoms with van der Waals surface area (Å²) in [6.07, 6.45) is 1.52. The van der Waals surface area contributed by atoms with E-state index >= 15 is 0 Å². The van der Waals surface area contributed by atoms with Gasteiger partial charge in [0.15, 0.2) is 0 Å². The number of carboxylic acids is 1. The van der Waals surface area contributed by atoms with Gasteiger partial charge in [-0.05, 0) is 23.8 Å². The van der Waals surface area contributed by atoms with Gasteiger partial charge in [-0.3, -0.25) is 0 Å². The summed E-state index contributed by atoms with van der Waals surface area (Å²) in [6.45, 7) is 0. The first-order valence-electron chi connectivity index (χ1n) is 5.22. The van der Waals surface area contributed by atoms with E-state index in [0.717, 1.165) is 15.1 Å². The molecule has 0 aliphatic rings. The van der Waals surface area contributed by atoms with Crippen LogP contribution in [0.15, 0.2) is 52.0 Å². The van der Waals surface area contributed by atoms with E-state index in [-0.39, 0.29) is 5.69 Å². The van der Waals surface area contributed by atoms with E-state index in [2.05, 4.69) is 20.9 Å². The van der Waals surface area contributed by atoms with Crippen molar-refractivity contribution in [3.63, 3.8) is 0 Å². The van der Waals surface area contributed by atoms with Gasteiger partial charge < -0.3 is 5.11 Å². The van der Waals surface area contributed by atoms with E-state index in [4.69, 9.17) is 5.11 Å². The van der Waals surface area contributed by atoms with Crippen LogP contribution in [-0.4, -0.2) is 16.1 Å². The Labute approximate surface area is 117 Å². The Morgan fingerprint density at radius 2 is 2.11 bits per heavy atom. The van der Waals surface area contributed by atoms with Crippen LogP contribution >= 0.6 is 27.7 Å². The van der Waals surface area contributed by atoms with Crippen LogP contribution in [0.5, 0.6) is 0 Å². The number of halogens is 1. The molecule has 0 unspecified atom stereocenters. The molecule has 0 aliphatic heterocycles. The van der Waals surface area contributed by atoms with Crippen molar-refractivity contribution in [2.75, 3.05) is 0 Å². The minimum atomic E-state index is -1.00. The van der Waals surface area contributed by atoms with Crippen LogP contribution in [-0.2, 0) is 5.75 Å². The van der Waals surface area contributed by atoms with Crippen molar-refractivity contribution < 1.29 is 9.90 Å². The highest BCUT2D eigenvalue weighted by atomic mass is 79.9. The zero-order valence-corrected chi connectivity index (χ0v) is 11.7. The number of carbonyl (C=O) groups is 1. The molecule has 1 N–H and O–H groups in total. The van der Waals surface area contributed by atoms with E-state index in [1.807, 2.05) is 30.3 Å². The van der Waals surface area contributed by atoms with Crippen LogP contribution in [0.1, 0.15) is 16.1 Å². The first-order valence-corrected chi connectivity index (χ1v) is 7.00. The normalized spacial score (nSPS) is 10.3. The zero-order valence-electron chi connectivity index (χ0n) is 9.34. The highest BCUT2D eigenvalue weighted by Crippen LogP contribution is 2.26. The van der Waals surface area contributed by atoms with Gasteiger partial charge in [-0.1, -0.05) is 34.1 Å². The molecule has 0 saturated heterocycles. The van der Waals surface area contributed by atoms with E-state index in [1.54, 1.807) is 17.8 Å². The number of hydrogen-bond acceptors (Lipinski definition) is 3. The molecule has 0 radical (unpaired) electrons. The molecule has 0 spiro atoms. The number of thioether (sulfide) groups is 1. The molecule has 1 aromatic heterocycles.